The highest BCUT2D eigenvalue weighted by Gasteiger charge is 2.56. The van der Waals surface area contributed by atoms with Gasteiger partial charge in [-0.1, -0.05) is 163 Å². The minimum Gasteiger partial charge on any atom is -0.404 e. The zero-order chi connectivity index (χ0) is 36.5. The summed E-state index contributed by atoms with van der Waals surface area (Å²) >= 11 is 0. The summed E-state index contributed by atoms with van der Waals surface area (Å²) in [6.07, 6.45) is 4.16. The van der Waals surface area contributed by atoms with Gasteiger partial charge in [-0.3, -0.25) is 0 Å². The summed E-state index contributed by atoms with van der Waals surface area (Å²) in [6.45, 7) is 13.9. The van der Waals surface area contributed by atoms with E-state index < -0.39 is 18.1 Å². The Bertz CT molecular complexity index is 1970. The number of hydrogen-bond donors (Lipinski definition) is 1. The summed E-state index contributed by atoms with van der Waals surface area (Å²) in [5, 5.41) is 4.96. The van der Waals surface area contributed by atoms with E-state index in [1.54, 1.807) is 6.33 Å². The summed E-state index contributed by atoms with van der Waals surface area (Å²) in [5.41, 5.74) is 7.35. The maximum atomic E-state index is 7.69. The van der Waals surface area contributed by atoms with Crippen LogP contribution in [0.1, 0.15) is 54.0 Å². The molecule has 5 atom stereocenters. The molecule has 266 valence electrons. The molecule has 2 aromatic heterocycles. The van der Waals surface area contributed by atoms with Crippen LogP contribution in [0.15, 0.2) is 134 Å². The van der Waals surface area contributed by atoms with E-state index in [-0.39, 0.29) is 40.9 Å². The van der Waals surface area contributed by atoms with Gasteiger partial charge in [-0.05, 0) is 43.9 Å². The zero-order valence-electron chi connectivity index (χ0n) is 31.0. The number of rotatable bonds is 11. The van der Waals surface area contributed by atoms with Crippen LogP contribution in [0.5, 0.6) is 0 Å². The second-order valence-corrected chi connectivity index (χ2v) is 20.2. The second kappa shape index (κ2) is 14.9. The first-order valence-corrected chi connectivity index (χ1v) is 21.0. The van der Waals surface area contributed by atoms with Crippen molar-refractivity contribution in [1.29, 1.82) is 0 Å². The van der Waals surface area contributed by atoms with Crippen molar-refractivity contribution in [3.8, 4) is 0 Å². The van der Waals surface area contributed by atoms with Crippen LogP contribution in [0.2, 0.25) is 0 Å². The molecule has 2 N–H and O–H groups in total. The summed E-state index contributed by atoms with van der Waals surface area (Å²) in [7, 11) is -3.23. The Balaban J connectivity index is 1.35. The Morgan fingerprint density at radius 3 is 1.46 bits per heavy atom. The SMILES string of the molecule is CC(C)(C)C(O[Si](c1ccccc1)c1ccccc1)[C@@H]1[C@@H](C(O[Si](c2ccccc2)c2ccccc2)C(C)(C)C)C[C@H]1n1cnc2c(N)ncnc21. The number of imidazole rings is 1. The number of nitrogen functional groups attached to an aromatic ring is 1. The molecule has 1 aliphatic carbocycles. The van der Waals surface area contributed by atoms with Gasteiger partial charge < -0.3 is 19.2 Å². The van der Waals surface area contributed by atoms with Gasteiger partial charge in [0, 0.05) is 12.0 Å². The summed E-state index contributed by atoms with van der Waals surface area (Å²) in [4.78, 5) is 13.7. The average Bonchev–Trinajstić information content (AvgIpc) is 3.56. The van der Waals surface area contributed by atoms with E-state index >= 15 is 0 Å². The summed E-state index contributed by atoms with van der Waals surface area (Å²) in [5.74, 6) is 0.667. The topological polar surface area (TPSA) is 88.1 Å². The van der Waals surface area contributed by atoms with E-state index in [4.69, 9.17) is 24.6 Å². The van der Waals surface area contributed by atoms with Crippen molar-refractivity contribution < 1.29 is 8.85 Å². The maximum Gasteiger partial charge on any atom is 0.283 e. The van der Waals surface area contributed by atoms with E-state index in [1.165, 1.54) is 20.7 Å². The lowest BCUT2D eigenvalue weighted by Crippen LogP contribution is -2.62. The van der Waals surface area contributed by atoms with Gasteiger partial charge in [0.25, 0.3) is 18.1 Å². The van der Waals surface area contributed by atoms with Crippen LogP contribution in [-0.4, -0.2) is 49.8 Å². The molecule has 2 heterocycles. The quantitative estimate of drug-likeness (QED) is 0.164. The van der Waals surface area contributed by atoms with Crippen molar-refractivity contribution in [3.05, 3.63) is 134 Å². The van der Waals surface area contributed by atoms with Gasteiger partial charge in [-0.25, -0.2) is 15.0 Å². The minimum absolute atomic E-state index is 0.0601. The molecule has 4 aromatic carbocycles. The van der Waals surface area contributed by atoms with E-state index in [2.05, 4.69) is 172 Å². The Hall–Kier alpha value is -4.42. The molecule has 2 radical (unpaired) electrons. The van der Waals surface area contributed by atoms with Gasteiger partial charge in [0.05, 0.1) is 18.5 Å². The molecule has 9 heteroatoms. The number of anilines is 1. The van der Waals surface area contributed by atoms with Crippen LogP contribution in [0.25, 0.3) is 11.2 Å². The van der Waals surface area contributed by atoms with E-state index in [9.17, 15) is 0 Å². The molecule has 6 aromatic rings. The van der Waals surface area contributed by atoms with Crippen LogP contribution in [0, 0.1) is 22.7 Å². The normalized spacial score (nSPS) is 19.1. The highest BCUT2D eigenvalue weighted by molar-refractivity contribution is 6.80. The lowest BCUT2D eigenvalue weighted by atomic mass is 9.57. The minimum atomic E-state index is -1.64. The number of fused-ring (bicyclic) bond motifs is 1. The first kappa shape index (κ1) is 36.0. The largest absolute Gasteiger partial charge is 0.404 e. The zero-order valence-corrected chi connectivity index (χ0v) is 33.0. The first-order valence-electron chi connectivity index (χ1n) is 18.2. The standard InChI is InChI=1S/C43H49N5O2Si2/c1-42(2,3)38(49-51(30-19-11-7-12-20-30)31-21-13-8-14-22-31)34-27-35(48-29-47-37-40(44)45-28-46-41(37)48)36(34)39(43(4,5)6)50-52(32-23-15-9-16-24-32)33-25-17-10-18-26-33/h7-26,28-29,34-36,38-39H,27H2,1-6H3,(H2,44,45,46)/t34-,35+,36+,38?,39?/m0/s1. The molecule has 1 saturated carbocycles. The average molecular weight is 724 g/mol. The smallest absolute Gasteiger partial charge is 0.283 e. The van der Waals surface area contributed by atoms with Crippen molar-refractivity contribution in [3.63, 3.8) is 0 Å². The predicted molar refractivity (Wildman–Crippen MR) is 215 cm³/mol. The molecule has 0 aliphatic heterocycles. The van der Waals surface area contributed by atoms with Crippen molar-refractivity contribution in [1.82, 2.24) is 19.5 Å². The lowest BCUT2D eigenvalue weighted by Gasteiger charge is -2.57. The van der Waals surface area contributed by atoms with E-state index in [0.29, 0.717) is 11.3 Å². The third-order valence-electron chi connectivity index (χ3n) is 10.3. The predicted octanol–water partition coefficient (Wildman–Crippen LogP) is 6.06. The lowest BCUT2D eigenvalue weighted by molar-refractivity contribution is -0.127. The highest BCUT2D eigenvalue weighted by atomic mass is 28.3. The fourth-order valence-corrected chi connectivity index (χ4v) is 12.5. The molecule has 52 heavy (non-hydrogen) atoms. The molecule has 0 saturated heterocycles. The van der Waals surface area contributed by atoms with Gasteiger partial charge in [-0.2, -0.15) is 0 Å². The van der Waals surface area contributed by atoms with Gasteiger partial charge in [-0.15, -0.1) is 0 Å². The van der Waals surface area contributed by atoms with Gasteiger partial charge in [0.1, 0.15) is 11.8 Å². The molecule has 1 fully saturated rings. The Labute approximate surface area is 311 Å². The first-order chi connectivity index (χ1) is 25.0. The third kappa shape index (κ3) is 7.41. The fraction of sp³-hybridized carbons (Fsp3) is 0.326. The maximum absolute atomic E-state index is 7.69. The van der Waals surface area contributed by atoms with E-state index in [0.717, 1.165) is 12.1 Å². The Morgan fingerprint density at radius 2 is 1.04 bits per heavy atom. The Kier molecular flexibility index (Phi) is 10.3. The number of nitrogens with two attached hydrogens (primary N) is 1. The molecule has 0 amide bonds. The van der Waals surface area contributed by atoms with Crippen molar-refractivity contribution in [2.24, 2.45) is 22.7 Å². The van der Waals surface area contributed by atoms with Crippen LogP contribution < -0.4 is 26.5 Å². The molecular weight excluding hydrogens is 675 g/mol. The molecular formula is C43H49N5O2Si2. The van der Waals surface area contributed by atoms with Crippen LogP contribution >= 0.6 is 0 Å². The van der Waals surface area contributed by atoms with Crippen LogP contribution in [-0.2, 0) is 8.85 Å². The summed E-state index contributed by atoms with van der Waals surface area (Å²) in [6, 6.07) is 43.1. The highest BCUT2D eigenvalue weighted by Crippen LogP contribution is 2.56. The fourth-order valence-electron chi connectivity index (χ4n) is 7.80. The van der Waals surface area contributed by atoms with Gasteiger partial charge in [0.2, 0.25) is 0 Å². The number of nitrogens with zero attached hydrogens (tertiary/aromatic N) is 4. The molecule has 0 bridgehead atoms. The van der Waals surface area contributed by atoms with Gasteiger partial charge >= 0.3 is 0 Å². The molecule has 1 aliphatic rings. The number of hydrogen-bond acceptors (Lipinski definition) is 6. The molecule has 0 spiro atoms. The molecule has 7 nitrogen and oxygen atoms in total. The van der Waals surface area contributed by atoms with Gasteiger partial charge in [0.15, 0.2) is 11.5 Å². The van der Waals surface area contributed by atoms with Crippen molar-refractivity contribution in [2.45, 2.75) is 66.2 Å². The monoisotopic (exact) mass is 723 g/mol. The second-order valence-electron chi connectivity index (χ2n) is 16.1. The molecule has 2 unspecified atom stereocenters. The molecule has 7 rings (SSSR count). The number of benzene rings is 4. The van der Waals surface area contributed by atoms with Crippen LogP contribution in [0.4, 0.5) is 5.82 Å². The summed E-state index contributed by atoms with van der Waals surface area (Å²) < 4.78 is 17.5. The third-order valence-corrected chi connectivity index (χ3v) is 14.7. The van der Waals surface area contributed by atoms with Crippen LogP contribution in [0.3, 0.4) is 0 Å². The van der Waals surface area contributed by atoms with Crippen molar-refractivity contribution in [2.75, 3.05) is 5.73 Å². The Morgan fingerprint density at radius 1 is 0.615 bits per heavy atom. The van der Waals surface area contributed by atoms with E-state index in [1.807, 2.05) is 6.33 Å². The number of aromatic nitrogens is 4. The van der Waals surface area contributed by atoms with Crippen molar-refractivity contribution >= 4 is 55.8 Å².